The fourth-order valence-electron chi connectivity index (χ4n) is 1.84. The van der Waals surface area contributed by atoms with Gasteiger partial charge in [-0.15, -0.1) is 0 Å². The molecule has 0 fully saturated rings. The van der Waals surface area contributed by atoms with Crippen molar-refractivity contribution in [3.8, 4) is 0 Å². The quantitative estimate of drug-likeness (QED) is 0.855. The van der Waals surface area contributed by atoms with Gasteiger partial charge in [0.05, 0.1) is 6.10 Å². The normalized spacial score (nSPS) is 12.2. The fraction of sp³-hybridized carbons (Fsp3) is 0.200. The summed E-state index contributed by atoms with van der Waals surface area (Å²) >= 11 is 9.46. The highest BCUT2D eigenvalue weighted by atomic mass is 79.9. The average Bonchev–Trinajstić information content (AvgIpc) is 2.40. The van der Waals surface area contributed by atoms with Crippen molar-refractivity contribution in [2.45, 2.75) is 13.0 Å². The van der Waals surface area contributed by atoms with Gasteiger partial charge in [-0.05, 0) is 42.3 Å². The molecule has 0 saturated carbocycles. The second-order valence-electron chi connectivity index (χ2n) is 4.36. The number of halogens is 2. The van der Waals surface area contributed by atoms with E-state index in [4.69, 9.17) is 11.6 Å². The van der Waals surface area contributed by atoms with Gasteiger partial charge >= 0.3 is 0 Å². The van der Waals surface area contributed by atoms with Crippen LogP contribution in [0.2, 0.25) is 5.02 Å². The van der Waals surface area contributed by atoms with E-state index in [0.29, 0.717) is 6.54 Å². The maximum Gasteiger partial charge on any atom is 0.0962 e. The van der Waals surface area contributed by atoms with Gasteiger partial charge < -0.3 is 10.4 Å². The van der Waals surface area contributed by atoms with Crippen molar-refractivity contribution in [2.24, 2.45) is 0 Å². The van der Waals surface area contributed by atoms with E-state index in [1.165, 1.54) is 0 Å². The molecule has 0 aliphatic carbocycles. The zero-order chi connectivity index (χ0) is 13.8. The lowest BCUT2D eigenvalue weighted by Crippen LogP contribution is -2.12. The number of aliphatic hydroxyl groups is 1. The van der Waals surface area contributed by atoms with Crippen LogP contribution in [-0.4, -0.2) is 11.7 Å². The van der Waals surface area contributed by atoms with Crippen molar-refractivity contribution < 1.29 is 5.11 Å². The molecule has 0 bridgehead atoms. The van der Waals surface area contributed by atoms with E-state index in [2.05, 4.69) is 21.2 Å². The molecule has 2 N–H and O–H groups in total. The molecule has 0 aliphatic rings. The molecule has 1 atom stereocenters. The standard InChI is InChI=1S/C15H15BrClNO/c1-10-13(17)6-3-7-14(10)18-9-15(19)11-4-2-5-12(16)8-11/h2-8,15,18-19H,9H2,1H3. The van der Waals surface area contributed by atoms with Crippen molar-refractivity contribution in [1.82, 2.24) is 0 Å². The van der Waals surface area contributed by atoms with Crippen LogP contribution in [0.1, 0.15) is 17.2 Å². The lowest BCUT2D eigenvalue weighted by Gasteiger charge is -2.15. The highest BCUT2D eigenvalue weighted by Gasteiger charge is 2.09. The topological polar surface area (TPSA) is 32.3 Å². The number of nitrogens with one attached hydrogen (secondary N) is 1. The minimum atomic E-state index is -0.559. The number of anilines is 1. The van der Waals surface area contributed by atoms with Gasteiger partial charge in [-0.25, -0.2) is 0 Å². The van der Waals surface area contributed by atoms with Crippen LogP contribution in [0.15, 0.2) is 46.9 Å². The van der Waals surface area contributed by atoms with Crippen molar-refractivity contribution in [3.05, 3.63) is 63.1 Å². The lowest BCUT2D eigenvalue weighted by atomic mass is 10.1. The van der Waals surface area contributed by atoms with Gasteiger partial charge in [0.15, 0.2) is 0 Å². The monoisotopic (exact) mass is 339 g/mol. The summed E-state index contributed by atoms with van der Waals surface area (Å²) in [5.41, 5.74) is 2.81. The van der Waals surface area contributed by atoms with Crippen molar-refractivity contribution in [2.75, 3.05) is 11.9 Å². The molecule has 0 aromatic heterocycles. The third-order valence-electron chi connectivity index (χ3n) is 2.99. The van der Waals surface area contributed by atoms with Crippen LogP contribution in [-0.2, 0) is 0 Å². The Morgan fingerprint density at radius 3 is 2.74 bits per heavy atom. The van der Waals surface area contributed by atoms with Crippen LogP contribution in [0.4, 0.5) is 5.69 Å². The summed E-state index contributed by atoms with van der Waals surface area (Å²) in [4.78, 5) is 0. The van der Waals surface area contributed by atoms with E-state index in [0.717, 1.165) is 26.3 Å². The summed E-state index contributed by atoms with van der Waals surface area (Å²) in [7, 11) is 0. The van der Waals surface area contributed by atoms with E-state index >= 15 is 0 Å². The molecule has 100 valence electrons. The SMILES string of the molecule is Cc1c(Cl)cccc1NCC(O)c1cccc(Br)c1. The number of rotatable bonds is 4. The van der Waals surface area contributed by atoms with Crippen molar-refractivity contribution in [1.29, 1.82) is 0 Å². The van der Waals surface area contributed by atoms with Crippen LogP contribution in [0.25, 0.3) is 0 Å². The Morgan fingerprint density at radius 2 is 2.00 bits per heavy atom. The van der Waals surface area contributed by atoms with E-state index in [1.807, 2.05) is 49.4 Å². The minimum absolute atomic E-state index is 0.442. The van der Waals surface area contributed by atoms with E-state index in [1.54, 1.807) is 0 Å². The van der Waals surface area contributed by atoms with Gasteiger partial charge in [0.1, 0.15) is 0 Å². The molecule has 0 amide bonds. The second-order valence-corrected chi connectivity index (χ2v) is 5.69. The molecule has 0 radical (unpaired) electrons. The molecule has 4 heteroatoms. The first-order chi connectivity index (χ1) is 9.08. The summed E-state index contributed by atoms with van der Waals surface area (Å²) in [6.45, 7) is 2.40. The van der Waals surface area contributed by atoms with Crippen molar-refractivity contribution >= 4 is 33.2 Å². The Balaban J connectivity index is 2.04. The second kappa shape index (κ2) is 6.42. The van der Waals surface area contributed by atoms with Crippen LogP contribution in [0.3, 0.4) is 0 Å². The Kier molecular flexibility index (Phi) is 4.86. The Morgan fingerprint density at radius 1 is 1.26 bits per heavy atom. The molecular weight excluding hydrogens is 326 g/mol. The van der Waals surface area contributed by atoms with Gasteiger partial charge in [-0.2, -0.15) is 0 Å². The third kappa shape index (κ3) is 3.72. The largest absolute Gasteiger partial charge is 0.387 e. The van der Waals surface area contributed by atoms with Gasteiger partial charge in [0.25, 0.3) is 0 Å². The molecule has 2 aromatic carbocycles. The molecule has 2 aromatic rings. The van der Waals surface area contributed by atoms with Crippen LogP contribution in [0, 0.1) is 6.92 Å². The average molecular weight is 341 g/mol. The molecular formula is C15H15BrClNO. The van der Waals surface area contributed by atoms with Crippen LogP contribution in [0.5, 0.6) is 0 Å². The number of aliphatic hydroxyl groups excluding tert-OH is 1. The van der Waals surface area contributed by atoms with Crippen LogP contribution < -0.4 is 5.32 Å². The molecule has 1 unspecified atom stereocenters. The predicted octanol–water partition coefficient (Wildman–Crippen LogP) is 4.56. The van der Waals surface area contributed by atoms with Gasteiger partial charge in [0, 0.05) is 21.7 Å². The van der Waals surface area contributed by atoms with E-state index in [-0.39, 0.29) is 0 Å². The smallest absolute Gasteiger partial charge is 0.0962 e. The highest BCUT2D eigenvalue weighted by Crippen LogP contribution is 2.24. The minimum Gasteiger partial charge on any atom is -0.387 e. The molecule has 2 rings (SSSR count). The molecule has 2 nitrogen and oxygen atoms in total. The zero-order valence-corrected chi connectivity index (χ0v) is 12.9. The predicted molar refractivity (Wildman–Crippen MR) is 83.8 cm³/mol. The maximum absolute atomic E-state index is 10.2. The maximum atomic E-state index is 10.2. The first-order valence-electron chi connectivity index (χ1n) is 6.00. The summed E-state index contributed by atoms with van der Waals surface area (Å²) < 4.78 is 0.961. The fourth-order valence-corrected chi connectivity index (χ4v) is 2.43. The molecule has 0 heterocycles. The third-order valence-corrected chi connectivity index (χ3v) is 3.89. The molecule has 19 heavy (non-hydrogen) atoms. The zero-order valence-electron chi connectivity index (χ0n) is 10.5. The van der Waals surface area contributed by atoms with Gasteiger partial charge in [0.2, 0.25) is 0 Å². The van der Waals surface area contributed by atoms with Crippen molar-refractivity contribution in [3.63, 3.8) is 0 Å². The number of hydrogen-bond donors (Lipinski definition) is 2. The number of hydrogen-bond acceptors (Lipinski definition) is 2. The summed E-state index contributed by atoms with van der Waals surface area (Å²) in [6.07, 6.45) is -0.559. The summed E-state index contributed by atoms with van der Waals surface area (Å²) in [5.74, 6) is 0. The lowest BCUT2D eigenvalue weighted by molar-refractivity contribution is 0.191. The van der Waals surface area contributed by atoms with Gasteiger partial charge in [-0.1, -0.05) is 45.7 Å². The van der Waals surface area contributed by atoms with E-state index in [9.17, 15) is 5.11 Å². The Bertz CT molecular complexity index is 574. The van der Waals surface area contributed by atoms with Crippen LogP contribution >= 0.6 is 27.5 Å². The molecule has 0 saturated heterocycles. The summed E-state index contributed by atoms with van der Waals surface area (Å²) in [6, 6.07) is 13.4. The Hall–Kier alpha value is -1.03. The Labute approximate surface area is 126 Å². The van der Waals surface area contributed by atoms with E-state index < -0.39 is 6.10 Å². The first kappa shape index (κ1) is 14.4. The summed E-state index contributed by atoms with van der Waals surface area (Å²) in [5, 5.41) is 14.1. The first-order valence-corrected chi connectivity index (χ1v) is 7.17. The van der Waals surface area contributed by atoms with Gasteiger partial charge in [-0.3, -0.25) is 0 Å². The molecule has 0 aliphatic heterocycles. The highest BCUT2D eigenvalue weighted by molar-refractivity contribution is 9.10. The molecule has 0 spiro atoms. The number of benzene rings is 2.